The Morgan fingerprint density at radius 3 is 2.26 bits per heavy atom. The van der Waals surface area contributed by atoms with Gasteiger partial charge < -0.3 is 20.3 Å². The van der Waals surface area contributed by atoms with Crippen molar-refractivity contribution in [3.05, 3.63) is 35.9 Å². The lowest BCUT2D eigenvalue weighted by Crippen LogP contribution is -2.54. The molecule has 0 radical (unpaired) electrons. The predicted octanol–water partition coefficient (Wildman–Crippen LogP) is 0.326. The van der Waals surface area contributed by atoms with Gasteiger partial charge in [0, 0.05) is 45.3 Å². The molecular weight excluding hydrogens is 344 g/mol. The second kappa shape index (κ2) is 9.30. The van der Waals surface area contributed by atoms with Crippen LogP contribution in [0.5, 0.6) is 0 Å². The van der Waals surface area contributed by atoms with E-state index in [1.54, 1.807) is 0 Å². The van der Waals surface area contributed by atoms with Crippen molar-refractivity contribution in [1.29, 1.82) is 0 Å². The summed E-state index contributed by atoms with van der Waals surface area (Å²) in [5.41, 5.74) is 7.28. The van der Waals surface area contributed by atoms with Crippen LogP contribution in [0.15, 0.2) is 30.3 Å². The van der Waals surface area contributed by atoms with Crippen LogP contribution in [0.3, 0.4) is 0 Å². The zero-order valence-electron chi connectivity index (χ0n) is 16.0. The van der Waals surface area contributed by atoms with Crippen LogP contribution in [0.1, 0.15) is 18.5 Å². The van der Waals surface area contributed by atoms with Crippen LogP contribution in [-0.4, -0.2) is 85.5 Å². The molecule has 1 aromatic carbocycles. The van der Waals surface area contributed by atoms with Crippen LogP contribution in [0.2, 0.25) is 0 Å². The van der Waals surface area contributed by atoms with Crippen LogP contribution >= 0.6 is 0 Å². The summed E-state index contributed by atoms with van der Waals surface area (Å²) in [6, 6.07) is 9.44. The number of hydrogen-bond donors (Lipinski definition) is 1. The van der Waals surface area contributed by atoms with Crippen LogP contribution in [0.4, 0.5) is 0 Å². The van der Waals surface area contributed by atoms with Crippen LogP contribution in [0, 0.1) is 5.92 Å². The Morgan fingerprint density at radius 1 is 1.00 bits per heavy atom. The predicted molar refractivity (Wildman–Crippen MR) is 103 cm³/mol. The Kier molecular flexibility index (Phi) is 6.82. The summed E-state index contributed by atoms with van der Waals surface area (Å²) in [7, 11) is 0. The lowest BCUT2D eigenvalue weighted by molar-refractivity contribution is -0.139. The summed E-state index contributed by atoms with van der Waals surface area (Å²) in [5.74, 6) is -0.0306. The largest absolute Gasteiger partial charge is 0.378 e. The normalized spacial score (nSPS) is 21.0. The minimum atomic E-state index is -0.306. The number of rotatable bonds is 5. The van der Waals surface area contributed by atoms with E-state index in [1.807, 2.05) is 47.1 Å². The monoisotopic (exact) mass is 374 g/mol. The number of nitrogens with zero attached hydrogens (tertiary/aromatic N) is 3. The first-order chi connectivity index (χ1) is 13.1. The van der Waals surface area contributed by atoms with Crippen molar-refractivity contribution in [2.45, 2.75) is 13.0 Å². The Morgan fingerprint density at radius 2 is 1.63 bits per heavy atom. The molecule has 27 heavy (non-hydrogen) atoms. The molecule has 0 aliphatic carbocycles. The van der Waals surface area contributed by atoms with E-state index in [9.17, 15) is 9.59 Å². The standard InChI is InChI=1S/C20H30N4O3/c1-16(19(21)17-5-3-2-4-6-17)20(26)24-9-7-22(8-10-24)15-18(25)23-11-13-27-14-12-23/h2-6,16,19H,7-15,21H2,1H3. The molecule has 2 fully saturated rings. The van der Waals surface area contributed by atoms with Crippen molar-refractivity contribution in [1.82, 2.24) is 14.7 Å². The smallest absolute Gasteiger partial charge is 0.236 e. The van der Waals surface area contributed by atoms with Crippen molar-refractivity contribution in [3.63, 3.8) is 0 Å². The SMILES string of the molecule is CC(C(=O)N1CCN(CC(=O)N2CCOCC2)CC1)C(N)c1ccccc1. The van der Waals surface area contributed by atoms with Crippen molar-refractivity contribution in [2.75, 3.05) is 59.0 Å². The fourth-order valence-electron chi connectivity index (χ4n) is 3.64. The van der Waals surface area contributed by atoms with E-state index in [0.717, 1.165) is 18.7 Å². The number of benzene rings is 1. The first-order valence-corrected chi connectivity index (χ1v) is 9.73. The Labute approximate surface area is 161 Å². The molecule has 2 saturated heterocycles. The Bertz CT molecular complexity index is 625. The van der Waals surface area contributed by atoms with Gasteiger partial charge in [-0.05, 0) is 5.56 Å². The molecule has 2 aliphatic rings. The fourth-order valence-corrected chi connectivity index (χ4v) is 3.64. The number of morpholine rings is 1. The molecule has 148 valence electrons. The van der Waals surface area contributed by atoms with E-state index >= 15 is 0 Å². The highest BCUT2D eigenvalue weighted by Crippen LogP contribution is 2.21. The van der Waals surface area contributed by atoms with E-state index in [-0.39, 0.29) is 23.8 Å². The summed E-state index contributed by atoms with van der Waals surface area (Å²) in [4.78, 5) is 31.1. The van der Waals surface area contributed by atoms with Gasteiger partial charge in [-0.1, -0.05) is 37.3 Å². The number of hydrogen-bond acceptors (Lipinski definition) is 5. The molecule has 0 spiro atoms. The van der Waals surface area contributed by atoms with Crippen LogP contribution in [-0.2, 0) is 14.3 Å². The van der Waals surface area contributed by atoms with Crippen molar-refractivity contribution in [3.8, 4) is 0 Å². The number of amides is 2. The third-order valence-corrected chi connectivity index (χ3v) is 5.52. The van der Waals surface area contributed by atoms with Gasteiger partial charge in [0.1, 0.15) is 0 Å². The molecule has 1 aromatic rings. The fraction of sp³-hybridized carbons (Fsp3) is 0.600. The minimum absolute atomic E-state index is 0.0884. The zero-order chi connectivity index (χ0) is 19.2. The maximum absolute atomic E-state index is 12.8. The average molecular weight is 374 g/mol. The maximum Gasteiger partial charge on any atom is 0.236 e. The molecule has 0 saturated carbocycles. The van der Waals surface area contributed by atoms with Gasteiger partial charge in [-0.3, -0.25) is 14.5 Å². The quantitative estimate of drug-likeness (QED) is 0.803. The van der Waals surface area contributed by atoms with Crippen LogP contribution < -0.4 is 5.73 Å². The van der Waals surface area contributed by atoms with E-state index in [1.165, 1.54) is 0 Å². The second-order valence-corrected chi connectivity index (χ2v) is 7.32. The van der Waals surface area contributed by atoms with Crippen LogP contribution in [0.25, 0.3) is 0 Å². The molecule has 2 amide bonds. The van der Waals surface area contributed by atoms with Gasteiger partial charge in [0.05, 0.1) is 25.7 Å². The lowest BCUT2D eigenvalue weighted by atomic mass is 9.94. The molecular formula is C20H30N4O3. The van der Waals surface area contributed by atoms with Gasteiger partial charge in [0.15, 0.2) is 0 Å². The third-order valence-electron chi connectivity index (χ3n) is 5.52. The summed E-state index contributed by atoms with van der Waals surface area (Å²) >= 11 is 0. The molecule has 2 heterocycles. The van der Waals surface area contributed by atoms with Gasteiger partial charge in [-0.2, -0.15) is 0 Å². The molecule has 0 bridgehead atoms. The molecule has 2 atom stereocenters. The summed E-state index contributed by atoms with van der Waals surface area (Å²) in [6.45, 7) is 7.61. The molecule has 3 rings (SSSR count). The van der Waals surface area contributed by atoms with E-state index < -0.39 is 0 Å². The first-order valence-electron chi connectivity index (χ1n) is 9.73. The highest BCUT2D eigenvalue weighted by molar-refractivity contribution is 5.80. The highest BCUT2D eigenvalue weighted by atomic mass is 16.5. The van der Waals surface area contributed by atoms with Crippen molar-refractivity contribution < 1.29 is 14.3 Å². The second-order valence-electron chi connectivity index (χ2n) is 7.32. The van der Waals surface area contributed by atoms with Crippen molar-refractivity contribution in [2.24, 2.45) is 11.7 Å². The van der Waals surface area contributed by atoms with Gasteiger partial charge in [-0.15, -0.1) is 0 Å². The first kappa shape index (κ1) is 19.8. The van der Waals surface area contributed by atoms with E-state index in [0.29, 0.717) is 45.9 Å². The van der Waals surface area contributed by atoms with Gasteiger partial charge in [0.25, 0.3) is 0 Å². The third kappa shape index (κ3) is 5.06. The number of piperazine rings is 1. The van der Waals surface area contributed by atoms with Gasteiger partial charge >= 0.3 is 0 Å². The average Bonchev–Trinajstić information content (AvgIpc) is 2.74. The lowest BCUT2D eigenvalue weighted by Gasteiger charge is -2.37. The molecule has 2 unspecified atom stereocenters. The molecule has 7 heteroatoms. The minimum Gasteiger partial charge on any atom is -0.378 e. The van der Waals surface area contributed by atoms with E-state index in [2.05, 4.69) is 4.90 Å². The molecule has 0 aromatic heterocycles. The zero-order valence-corrected chi connectivity index (χ0v) is 16.0. The maximum atomic E-state index is 12.8. The molecule has 2 N–H and O–H groups in total. The Hall–Kier alpha value is -1.96. The highest BCUT2D eigenvalue weighted by Gasteiger charge is 2.30. The number of nitrogens with two attached hydrogens (primary N) is 1. The molecule has 7 nitrogen and oxygen atoms in total. The Balaban J connectivity index is 1.46. The summed E-state index contributed by atoms with van der Waals surface area (Å²) in [6.07, 6.45) is 0. The summed E-state index contributed by atoms with van der Waals surface area (Å²) < 4.78 is 5.29. The number of ether oxygens (including phenoxy) is 1. The van der Waals surface area contributed by atoms with E-state index in [4.69, 9.17) is 10.5 Å². The van der Waals surface area contributed by atoms with Crippen molar-refractivity contribution >= 4 is 11.8 Å². The number of carbonyl (C=O) groups is 2. The topological polar surface area (TPSA) is 79.1 Å². The number of carbonyl (C=O) groups excluding carboxylic acids is 2. The molecule has 2 aliphatic heterocycles. The van der Waals surface area contributed by atoms with Gasteiger partial charge in [0.2, 0.25) is 11.8 Å². The van der Waals surface area contributed by atoms with Gasteiger partial charge in [-0.25, -0.2) is 0 Å². The summed E-state index contributed by atoms with van der Waals surface area (Å²) in [5, 5.41) is 0.